The molecule has 1 aromatic carbocycles. The van der Waals surface area contributed by atoms with Crippen LogP contribution in [0.5, 0.6) is 0 Å². The van der Waals surface area contributed by atoms with Crippen LogP contribution in [-0.4, -0.2) is 64.5 Å². The van der Waals surface area contributed by atoms with Gasteiger partial charge < -0.3 is 26.8 Å². The van der Waals surface area contributed by atoms with Crippen molar-refractivity contribution < 1.29 is 24.3 Å². The SMILES string of the molecule is CC(C)C(NC(=O)C(CS)NC(=O)C(N)Cc1ccccc1)C(=O)NC(CS)C(=O)O. The number of hydrogen-bond acceptors (Lipinski definition) is 7. The average molecular weight is 471 g/mol. The zero-order chi connectivity index (χ0) is 23.6. The molecule has 0 aliphatic rings. The van der Waals surface area contributed by atoms with Gasteiger partial charge in [0.25, 0.3) is 0 Å². The number of carbonyl (C=O) groups is 4. The molecule has 3 amide bonds. The smallest absolute Gasteiger partial charge is 0.327 e. The maximum atomic E-state index is 12.7. The summed E-state index contributed by atoms with van der Waals surface area (Å²) in [5.41, 5.74) is 6.83. The van der Waals surface area contributed by atoms with E-state index in [4.69, 9.17) is 10.8 Å². The van der Waals surface area contributed by atoms with Crippen molar-refractivity contribution in [2.24, 2.45) is 11.7 Å². The van der Waals surface area contributed by atoms with Crippen molar-refractivity contribution in [2.75, 3.05) is 11.5 Å². The van der Waals surface area contributed by atoms with E-state index in [0.29, 0.717) is 6.42 Å². The predicted octanol–water partition coefficient (Wildman–Crippen LogP) is -0.389. The zero-order valence-electron chi connectivity index (χ0n) is 17.4. The highest BCUT2D eigenvalue weighted by atomic mass is 32.1. The number of hydrogen-bond donors (Lipinski definition) is 7. The number of nitrogens with two attached hydrogens (primary N) is 1. The number of carbonyl (C=O) groups excluding carboxylic acids is 3. The van der Waals surface area contributed by atoms with Gasteiger partial charge in [0.1, 0.15) is 18.1 Å². The first-order valence-electron chi connectivity index (χ1n) is 9.75. The molecule has 9 nitrogen and oxygen atoms in total. The van der Waals surface area contributed by atoms with Gasteiger partial charge in [-0.2, -0.15) is 25.3 Å². The van der Waals surface area contributed by atoms with Crippen molar-refractivity contribution >= 4 is 48.9 Å². The largest absolute Gasteiger partial charge is 0.480 e. The molecule has 4 atom stereocenters. The molecular weight excluding hydrogens is 440 g/mol. The Kier molecular flexibility index (Phi) is 11.4. The van der Waals surface area contributed by atoms with Crippen LogP contribution in [0.25, 0.3) is 0 Å². The molecular formula is C20H30N4O5S2. The molecule has 0 spiro atoms. The topological polar surface area (TPSA) is 151 Å². The third-order valence-corrected chi connectivity index (χ3v) is 5.23. The molecule has 0 aliphatic heterocycles. The third-order valence-electron chi connectivity index (χ3n) is 4.49. The van der Waals surface area contributed by atoms with Gasteiger partial charge in [-0.3, -0.25) is 14.4 Å². The molecule has 11 heteroatoms. The summed E-state index contributed by atoms with van der Waals surface area (Å²) < 4.78 is 0. The van der Waals surface area contributed by atoms with E-state index in [-0.39, 0.29) is 17.4 Å². The molecule has 1 rings (SSSR count). The molecule has 0 radical (unpaired) electrons. The lowest BCUT2D eigenvalue weighted by molar-refractivity contribution is -0.141. The summed E-state index contributed by atoms with van der Waals surface area (Å²) in [5.74, 6) is -3.49. The standard InChI is InChI=1S/C20H30N4O5S2/c1-11(2)16(19(27)23-15(10-31)20(28)29)24-18(26)14(9-30)22-17(25)13(21)8-12-6-4-3-5-7-12/h3-7,11,13-16,30-31H,8-10,21H2,1-2H3,(H,22,25)(H,23,27)(H,24,26)(H,28,29). The van der Waals surface area contributed by atoms with Crippen LogP contribution in [0.1, 0.15) is 19.4 Å². The summed E-state index contributed by atoms with van der Waals surface area (Å²) in [6, 6.07) is 5.13. The summed E-state index contributed by atoms with van der Waals surface area (Å²) in [5, 5.41) is 16.5. The number of carboxylic acids is 1. The molecule has 1 aromatic rings. The lowest BCUT2D eigenvalue weighted by Crippen LogP contribution is -2.59. The number of aliphatic carboxylic acids is 1. The summed E-state index contributed by atoms with van der Waals surface area (Å²) in [6.07, 6.45) is 0.297. The van der Waals surface area contributed by atoms with Crippen molar-refractivity contribution in [3.63, 3.8) is 0 Å². The van der Waals surface area contributed by atoms with Gasteiger partial charge in [-0.25, -0.2) is 4.79 Å². The quantitative estimate of drug-likeness (QED) is 0.207. The highest BCUT2D eigenvalue weighted by molar-refractivity contribution is 7.80. The number of benzene rings is 1. The Morgan fingerprint density at radius 2 is 1.45 bits per heavy atom. The fourth-order valence-electron chi connectivity index (χ4n) is 2.67. The number of rotatable bonds is 12. The molecule has 0 heterocycles. The average Bonchev–Trinajstić information content (AvgIpc) is 2.73. The minimum absolute atomic E-state index is 0.0174. The Balaban J connectivity index is 2.76. The zero-order valence-corrected chi connectivity index (χ0v) is 19.2. The Bertz CT molecular complexity index is 763. The van der Waals surface area contributed by atoms with Crippen molar-refractivity contribution in [3.8, 4) is 0 Å². The molecule has 0 saturated carbocycles. The first-order valence-corrected chi connectivity index (χ1v) is 11.0. The number of thiol groups is 2. The van der Waals surface area contributed by atoms with Gasteiger partial charge in [0, 0.05) is 11.5 Å². The maximum absolute atomic E-state index is 12.7. The molecule has 0 aromatic heterocycles. The number of nitrogens with one attached hydrogen (secondary N) is 3. The van der Waals surface area contributed by atoms with E-state index in [2.05, 4.69) is 41.2 Å². The Hall–Kier alpha value is -2.24. The van der Waals surface area contributed by atoms with Crippen molar-refractivity contribution in [2.45, 2.75) is 44.4 Å². The van der Waals surface area contributed by atoms with Gasteiger partial charge in [-0.15, -0.1) is 0 Å². The van der Waals surface area contributed by atoms with Crippen LogP contribution < -0.4 is 21.7 Å². The van der Waals surface area contributed by atoms with Crippen molar-refractivity contribution in [3.05, 3.63) is 35.9 Å². The minimum Gasteiger partial charge on any atom is -0.480 e. The first-order chi connectivity index (χ1) is 14.6. The van der Waals surface area contributed by atoms with Crippen LogP contribution in [0.2, 0.25) is 0 Å². The fraction of sp³-hybridized carbons (Fsp3) is 0.500. The fourth-order valence-corrected chi connectivity index (χ4v) is 3.17. The van der Waals surface area contributed by atoms with E-state index in [9.17, 15) is 19.2 Å². The summed E-state index contributed by atoms with van der Waals surface area (Å²) in [4.78, 5) is 48.7. The maximum Gasteiger partial charge on any atom is 0.327 e. The van der Waals surface area contributed by atoms with E-state index < -0.39 is 47.9 Å². The second kappa shape index (κ2) is 13.2. The van der Waals surface area contributed by atoms with Crippen molar-refractivity contribution in [1.82, 2.24) is 16.0 Å². The highest BCUT2D eigenvalue weighted by Gasteiger charge is 2.31. The van der Waals surface area contributed by atoms with E-state index >= 15 is 0 Å². The number of carboxylic acid groups (broad SMARTS) is 1. The second-order valence-corrected chi connectivity index (χ2v) is 8.08. The minimum atomic E-state index is -1.23. The molecule has 0 aliphatic carbocycles. The molecule has 0 fully saturated rings. The van der Waals surface area contributed by atoms with E-state index in [1.165, 1.54) is 0 Å². The van der Waals surface area contributed by atoms with Gasteiger partial charge in [0.05, 0.1) is 6.04 Å². The van der Waals surface area contributed by atoms with Crippen LogP contribution in [0.3, 0.4) is 0 Å². The van der Waals surface area contributed by atoms with Crippen LogP contribution in [0.4, 0.5) is 0 Å². The van der Waals surface area contributed by atoms with E-state index in [1.807, 2.05) is 30.3 Å². The second-order valence-electron chi connectivity index (χ2n) is 7.35. The predicted molar refractivity (Wildman–Crippen MR) is 124 cm³/mol. The normalized spacial score (nSPS) is 14.8. The van der Waals surface area contributed by atoms with E-state index in [0.717, 1.165) is 5.56 Å². The highest BCUT2D eigenvalue weighted by Crippen LogP contribution is 2.06. The Labute approximate surface area is 192 Å². The molecule has 0 saturated heterocycles. The molecule has 6 N–H and O–H groups in total. The summed E-state index contributed by atoms with van der Waals surface area (Å²) in [7, 11) is 0. The van der Waals surface area contributed by atoms with Crippen LogP contribution in [-0.2, 0) is 25.6 Å². The van der Waals surface area contributed by atoms with Crippen molar-refractivity contribution in [1.29, 1.82) is 0 Å². The summed E-state index contributed by atoms with van der Waals surface area (Å²) in [6.45, 7) is 3.40. The van der Waals surface area contributed by atoms with Gasteiger partial charge in [-0.1, -0.05) is 44.2 Å². The molecule has 31 heavy (non-hydrogen) atoms. The molecule has 172 valence electrons. The van der Waals surface area contributed by atoms with Crippen LogP contribution in [0, 0.1) is 5.92 Å². The Morgan fingerprint density at radius 1 is 0.903 bits per heavy atom. The lowest BCUT2D eigenvalue weighted by Gasteiger charge is -2.26. The van der Waals surface area contributed by atoms with Gasteiger partial charge >= 0.3 is 5.97 Å². The first kappa shape index (κ1) is 26.8. The van der Waals surface area contributed by atoms with Crippen LogP contribution in [0.15, 0.2) is 30.3 Å². The molecule has 4 unspecified atom stereocenters. The van der Waals surface area contributed by atoms with Gasteiger partial charge in [-0.05, 0) is 17.9 Å². The summed E-state index contributed by atoms with van der Waals surface area (Å²) >= 11 is 8.02. The number of amides is 3. The lowest BCUT2D eigenvalue weighted by atomic mass is 10.0. The monoisotopic (exact) mass is 470 g/mol. The van der Waals surface area contributed by atoms with Gasteiger partial charge in [0.15, 0.2) is 0 Å². The Morgan fingerprint density at radius 3 is 1.94 bits per heavy atom. The molecule has 0 bridgehead atoms. The van der Waals surface area contributed by atoms with E-state index in [1.54, 1.807) is 13.8 Å². The van der Waals surface area contributed by atoms with Crippen LogP contribution >= 0.6 is 25.3 Å². The van der Waals surface area contributed by atoms with Gasteiger partial charge in [0.2, 0.25) is 17.7 Å². The third kappa shape index (κ3) is 8.80.